The first kappa shape index (κ1) is 13.4. The van der Waals surface area contributed by atoms with Crippen molar-refractivity contribution >= 4 is 40.3 Å². The second-order valence-electron chi connectivity index (χ2n) is 3.66. The zero-order valence-electron chi connectivity index (χ0n) is 9.52. The van der Waals surface area contributed by atoms with E-state index >= 15 is 0 Å². The van der Waals surface area contributed by atoms with Crippen LogP contribution in [0, 0.1) is 0 Å². The van der Waals surface area contributed by atoms with Crippen LogP contribution in [0.5, 0.6) is 5.75 Å². The Morgan fingerprint density at radius 2 is 1.94 bits per heavy atom. The van der Waals surface area contributed by atoms with Crippen molar-refractivity contribution < 1.29 is 9.53 Å². The van der Waals surface area contributed by atoms with E-state index in [4.69, 9.17) is 27.9 Å². The molecule has 2 rings (SSSR count). The maximum absolute atomic E-state index is 12.1. The number of Topliss-reactive ketones (excluding diaryl/α,β-unsaturated/α-hetero) is 1. The van der Waals surface area contributed by atoms with Crippen molar-refractivity contribution in [2.24, 2.45) is 0 Å². The predicted molar refractivity (Wildman–Crippen MR) is 75.2 cm³/mol. The number of para-hydroxylation sites is 1. The average molecular weight is 301 g/mol. The Balaban J connectivity index is 2.11. The number of halogens is 2. The van der Waals surface area contributed by atoms with Gasteiger partial charge in [-0.1, -0.05) is 35.3 Å². The van der Waals surface area contributed by atoms with E-state index in [1.165, 1.54) is 11.3 Å². The Morgan fingerprint density at radius 3 is 2.56 bits per heavy atom. The number of carbonyl (C=O) groups is 1. The van der Waals surface area contributed by atoms with Crippen molar-refractivity contribution in [1.82, 2.24) is 0 Å². The fourth-order valence-electron chi connectivity index (χ4n) is 1.43. The quantitative estimate of drug-likeness (QED) is 0.765. The molecule has 1 atom stereocenters. The first-order valence-corrected chi connectivity index (χ1v) is 6.86. The summed E-state index contributed by atoms with van der Waals surface area (Å²) in [6.45, 7) is 1.69. The predicted octanol–water partition coefficient (Wildman–Crippen LogP) is 4.71. The van der Waals surface area contributed by atoms with Crippen LogP contribution in [0.15, 0.2) is 36.4 Å². The van der Waals surface area contributed by atoms with E-state index in [0.29, 0.717) is 20.0 Å². The summed E-state index contributed by atoms with van der Waals surface area (Å²) in [6.07, 6.45) is -0.598. The first-order chi connectivity index (χ1) is 8.58. The van der Waals surface area contributed by atoms with Crippen LogP contribution in [0.4, 0.5) is 0 Å². The molecule has 1 heterocycles. The van der Waals surface area contributed by atoms with Crippen LogP contribution in [0.25, 0.3) is 0 Å². The molecule has 0 amide bonds. The summed E-state index contributed by atoms with van der Waals surface area (Å²) in [5.41, 5.74) is 0. The van der Waals surface area contributed by atoms with Gasteiger partial charge in [-0.15, -0.1) is 11.3 Å². The SMILES string of the molecule is CC(Oc1ccccc1Cl)C(=O)c1ccc(Cl)s1. The van der Waals surface area contributed by atoms with Crippen molar-refractivity contribution in [3.05, 3.63) is 50.6 Å². The highest BCUT2D eigenvalue weighted by Gasteiger charge is 2.19. The molecule has 0 N–H and O–H groups in total. The van der Waals surface area contributed by atoms with Crippen molar-refractivity contribution in [2.75, 3.05) is 0 Å². The molecule has 2 aromatic rings. The molecule has 0 aliphatic heterocycles. The smallest absolute Gasteiger partial charge is 0.212 e. The molecule has 18 heavy (non-hydrogen) atoms. The molecule has 5 heteroatoms. The summed E-state index contributed by atoms with van der Waals surface area (Å²) in [7, 11) is 0. The summed E-state index contributed by atoms with van der Waals surface area (Å²) in [4.78, 5) is 12.6. The van der Waals surface area contributed by atoms with Gasteiger partial charge in [0.1, 0.15) is 5.75 Å². The second-order valence-corrected chi connectivity index (χ2v) is 5.78. The monoisotopic (exact) mass is 300 g/mol. The zero-order valence-corrected chi connectivity index (χ0v) is 11.9. The van der Waals surface area contributed by atoms with Crippen LogP contribution in [0.1, 0.15) is 16.6 Å². The molecule has 0 aliphatic carbocycles. The standard InChI is InChI=1S/C13H10Cl2O2S/c1-8(13(16)11-6-7-12(15)18-11)17-10-5-3-2-4-9(10)14/h2-8H,1H3. The lowest BCUT2D eigenvalue weighted by Gasteiger charge is -2.13. The fourth-order valence-corrected chi connectivity index (χ4v) is 2.67. The molecule has 1 aromatic heterocycles. The van der Waals surface area contributed by atoms with Crippen LogP contribution in [-0.4, -0.2) is 11.9 Å². The molecule has 0 bridgehead atoms. The van der Waals surface area contributed by atoms with E-state index < -0.39 is 6.10 Å². The van der Waals surface area contributed by atoms with Gasteiger partial charge in [0.15, 0.2) is 6.10 Å². The van der Waals surface area contributed by atoms with E-state index in [1.54, 1.807) is 43.3 Å². The average Bonchev–Trinajstić information content (AvgIpc) is 2.78. The van der Waals surface area contributed by atoms with E-state index in [1.807, 2.05) is 0 Å². The lowest BCUT2D eigenvalue weighted by Crippen LogP contribution is -2.23. The molecule has 0 saturated heterocycles. The van der Waals surface area contributed by atoms with Gasteiger partial charge in [-0.25, -0.2) is 0 Å². The summed E-state index contributed by atoms with van der Waals surface area (Å²) in [6, 6.07) is 10.5. The molecule has 1 unspecified atom stereocenters. The van der Waals surface area contributed by atoms with Crippen molar-refractivity contribution in [3.8, 4) is 5.75 Å². The molecule has 0 fully saturated rings. The lowest BCUT2D eigenvalue weighted by atomic mass is 10.2. The number of hydrogen-bond donors (Lipinski definition) is 0. The highest BCUT2D eigenvalue weighted by Crippen LogP contribution is 2.27. The second kappa shape index (κ2) is 5.74. The third-order valence-electron chi connectivity index (χ3n) is 2.33. The third kappa shape index (κ3) is 3.05. The Bertz CT molecular complexity index is 566. The minimum atomic E-state index is -0.598. The summed E-state index contributed by atoms with van der Waals surface area (Å²) in [5.74, 6) is 0.398. The summed E-state index contributed by atoms with van der Waals surface area (Å²) < 4.78 is 6.14. The molecule has 2 nitrogen and oxygen atoms in total. The third-order valence-corrected chi connectivity index (χ3v) is 3.88. The topological polar surface area (TPSA) is 26.3 Å². The molecule has 0 radical (unpaired) electrons. The van der Waals surface area contributed by atoms with Crippen molar-refractivity contribution in [1.29, 1.82) is 0 Å². The van der Waals surface area contributed by atoms with Gasteiger partial charge in [0.05, 0.1) is 14.2 Å². The maximum Gasteiger partial charge on any atom is 0.212 e. The highest BCUT2D eigenvalue weighted by molar-refractivity contribution is 7.18. The number of hydrogen-bond acceptors (Lipinski definition) is 3. The molecule has 0 spiro atoms. The molecule has 94 valence electrons. The van der Waals surface area contributed by atoms with E-state index in [-0.39, 0.29) is 5.78 Å². The molecular weight excluding hydrogens is 291 g/mol. The van der Waals surface area contributed by atoms with Gasteiger partial charge < -0.3 is 4.74 Å². The highest BCUT2D eigenvalue weighted by atomic mass is 35.5. The molecular formula is C13H10Cl2O2S. The van der Waals surface area contributed by atoms with Gasteiger partial charge in [0.2, 0.25) is 5.78 Å². The van der Waals surface area contributed by atoms with Gasteiger partial charge in [0, 0.05) is 0 Å². The Hall–Kier alpha value is -1.03. The Labute approximate surface area is 119 Å². The van der Waals surface area contributed by atoms with Crippen LogP contribution in [0.3, 0.4) is 0 Å². The van der Waals surface area contributed by atoms with Gasteiger partial charge >= 0.3 is 0 Å². The molecule has 1 aromatic carbocycles. The van der Waals surface area contributed by atoms with Gasteiger partial charge in [-0.05, 0) is 31.2 Å². The maximum atomic E-state index is 12.1. The molecule has 0 saturated carbocycles. The largest absolute Gasteiger partial charge is 0.481 e. The van der Waals surface area contributed by atoms with Crippen LogP contribution < -0.4 is 4.74 Å². The minimum Gasteiger partial charge on any atom is -0.481 e. The Kier molecular flexibility index (Phi) is 4.27. The van der Waals surface area contributed by atoms with Gasteiger partial charge in [-0.2, -0.15) is 0 Å². The first-order valence-electron chi connectivity index (χ1n) is 5.28. The number of ketones is 1. The molecule has 0 aliphatic rings. The number of rotatable bonds is 4. The number of benzene rings is 1. The lowest BCUT2D eigenvalue weighted by molar-refractivity contribution is 0.0822. The fraction of sp³-hybridized carbons (Fsp3) is 0.154. The number of carbonyl (C=O) groups excluding carboxylic acids is 1. The number of ether oxygens (including phenoxy) is 1. The summed E-state index contributed by atoms with van der Waals surface area (Å²) >= 11 is 13.0. The zero-order chi connectivity index (χ0) is 13.1. The Morgan fingerprint density at radius 1 is 1.22 bits per heavy atom. The van der Waals surface area contributed by atoms with E-state index in [0.717, 1.165) is 0 Å². The van der Waals surface area contributed by atoms with E-state index in [9.17, 15) is 4.79 Å². The summed E-state index contributed by atoms with van der Waals surface area (Å²) in [5, 5.41) is 0.487. The van der Waals surface area contributed by atoms with Gasteiger partial charge in [0.25, 0.3) is 0 Å². The number of thiophene rings is 1. The normalized spacial score (nSPS) is 12.2. The van der Waals surface area contributed by atoms with Crippen molar-refractivity contribution in [2.45, 2.75) is 13.0 Å². The van der Waals surface area contributed by atoms with Gasteiger partial charge in [-0.3, -0.25) is 4.79 Å². The van der Waals surface area contributed by atoms with Crippen LogP contribution >= 0.6 is 34.5 Å². The van der Waals surface area contributed by atoms with E-state index in [2.05, 4.69) is 0 Å². The minimum absolute atomic E-state index is 0.105. The van der Waals surface area contributed by atoms with Crippen molar-refractivity contribution in [3.63, 3.8) is 0 Å². The van der Waals surface area contributed by atoms with Crippen LogP contribution in [0.2, 0.25) is 9.36 Å². The van der Waals surface area contributed by atoms with Crippen LogP contribution in [-0.2, 0) is 0 Å².